The van der Waals surface area contributed by atoms with Gasteiger partial charge in [-0.3, -0.25) is 4.90 Å². The summed E-state index contributed by atoms with van der Waals surface area (Å²) in [6.07, 6.45) is 1.67. The Morgan fingerprint density at radius 1 is 1.13 bits per heavy atom. The van der Waals surface area contributed by atoms with Crippen LogP contribution in [-0.2, 0) is 16.0 Å². The first-order valence-electron chi connectivity index (χ1n) is 14.7. The number of carbonyl (C=O) groups excluding carboxylic acids is 1. The molecule has 3 aromatic carbocycles. The quantitative estimate of drug-likeness (QED) is 0.115. The van der Waals surface area contributed by atoms with E-state index in [9.17, 15) is 9.18 Å². The summed E-state index contributed by atoms with van der Waals surface area (Å²) in [5.74, 6) is -3.43. The third-order valence-corrected chi connectivity index (χ3v) is 8.68. The molecular weight excluding hydrogens is 626 g/mol. The van der Waals surface area contributed by atoms with Gasteiger partial charge < -0.3 is 14.6 Å². The Morgan fingerprint density at radius 2 is 1.89 bits per heavy atom. The topological polar surface area (TPSA) is 126 Å². The lowest BCUT2D eigenvalue weighted by atomic mass is 9.85. The zero-order valence-electron chi connectivity index (χ0n) is 25.7. The largest absolute Gasteiger partial charge is 0.435 e. The predicted molar refractivity (Wildman–Crippen MR) is 170 cm³/mol. The van der Waals surface area contributed by atoms with Crippen LogP contribution in [0, 0.1) is 23.0 Å². The maximum atomic E-state index is 15.5. The number of nitrogens with zero attached hydrogens (tertiary/aromatic N) is 6. The van der Waals surface area contributed by atoms with E-state index >= 15 is 4.39 Å². The van der Waals surface area contributed by atoms with Crippen molar-refractivity contribution >= 4 is 17.3 Å². The van der Waals surface area contributed by atoms with Gasteiger partial charge in [0.25, 0.3) is 0 Å². The Hall–Kier alpha value is -4.87. The highest BCUT2D eigenvalue weighted by atomic mass is 32.1. The number of rotatable bonds is 14. The van der Waals surface area contributed by atoms with Crippen molar-refractivity contribution in [2.24, 2.45) is 0 Å². The molecule has 3 atom stereocenters. The SMILES string of the molecule is C[C@@H](c1nc(-c2ccc(C#N)cc2)cs1)[C@H](c1ccc(F)cc1F)C(OCOC(=O)c1ccc(CN(C)CCO)cc1)n1cncn1. The van der Waals surface area contributed by atoms with Crippen molar-refractivity contribution in [1.82, 2.24) is 24.6 Å². The number of aromatic nitrogens is 4. The zero-order chi connectivity index (χ0) is 33.3. The third kappa shape index (κ3) is 8.30. The van der Waals surface area contributed by atoms with Gasteiger partial charge in [0.1, 0.15) is 24.3 Å². The van der Waals surface area contributed by atoms with Gasteiger partial charge in [0.2, 0.25) is 0 Å². The summed E-state index contributed by atoms with van der Waals surface area (Å²) in [7, 11) is 1.88. The van der Waals surface area contributed by atoms with Crippen LogP contribution >= 0.6 is 11.3 Å². The fourth-order valence-corrected chi connectivity index (χ4v) is 6.12. The van der Waals surface area contributed by atoms with Crippen LogP contribution in [0.2, 0.25) is 0 Å². The maximum absolute atomic E-state index is 15.5. The van der Waals surface area contributed by atoms with E-state index in [1.165, 1.54) is 40.8 Å². The minimum absolute atomic E-state index is 0.0490. The molecule has 0 saturated carbocycles. The first kappa shape index (κ1) is 33.5. The number of aliphatic hydroxyl groups is 1. The van der Waals surface area contributed by atoms with Gasteiger partial charge in [0.05, 0.1) is 34.5 Å². The fraction of sp³-hybridized carbons (Fsp3) is 0.265. The molecule has 0 fully saturated rings. The van der Waals surface area contributed by atoms with Crippen LogP contribution in [0.3, 0.4) is 0 Å². The van der Waals surface area contributed by atoms with E-state index in [1.807, 2.05) is 24.3 Å². The number of halogens is 2. The van der Waals surface area contributed by atoms with Crippen LogP contribution < -0.4 is 0 Å². The Bertz CT molecular complexity index is 1810. The van der Waals surface area contributed by atoms with Gasteiger partial charge in [0, 0.05) is 41.9 Å². The molecule has 1 N–H and O–H groups in total. The molecule has 47 heavy (non-hydrogen) atoms. The number of thiazole rings is 1. The van der Waals surface area contributed by atoms with Crippen LogP contribution in [0.25, 0.3) is 11.3 Å². The molecule has 0 radical (unpaired) electrons. The second-order valence-corrected chi connectivity index (χ2v) is 11.8. The number of likely N-dealkylation sites (N-methyl/N-ethyl adjacent to an activating group) is 1. The number of carbonyl (C=O) groups is 1. The highest BCUT2D eigenvalue weighted by Gasteiger charge is 2.36. The fourth-order valence-electron chi connectivity index (χ4n) is 5.18. The van der Waals surface area contributed by atoms with Gasteiger partial charge in [-0.2, -0.15) is 10.4 Å². The molecule has 0 spiro atoms. The summed E-state index contributed by atoms with van der Waals surface area (Å²) < 4.78 is 42.5. The molecule has 2 heterocycles. The molecule has 0 aliphatic heterocycles. The number of benzene rings is 3. The smallest absolute Gasteiger partial charge is 0.340 e. The second-order valence-electron chi connectivity index (χ2n) is 10.9. The summed E-state index contributed by atoms with van der Waals surface area (Å²) in [4.78, 5) is 23.7. The summed E-state index contributed by atoms with van der Waals surface area (Å²) in [5.41, 5.74) is 3.44. The average molecular weight is 659 g/mol. The third-order valence-electron chi connectivity index (χ3n) is 7.64. The van der Waals surface area contributed by atoms with Gasteiger partial charge in [-0.25, -0.2) is 28.2 Å². The Morgan fingerprint density at radius 3 is 2.55 bits per heavy atom. The molecule has 242 valence electrons. The van der Waals surface area contributed by atoms with Gasteiger partial charge in [-0.05, 0) is 48.5 Å². The van der Waals surface area contributed by atoms with Gasteiger partial charge in [-0.1, -0.05) is 37.3 Å². The molecule has 5 rings (SSSR count). The van der Waals surface area contributed by atoms with Crippen LogP contribution in [0.1, 0.15) is 57.0 Å². The Balaban J connectivity index is 1.39. The highest BCUT2D eigenvalue weighted by molar-refractivity contribution is 7.10. The Labute approximate surface area is 274 Å². The van der Waals surface area contributed by atoms with Crippen molar-refractivity contribution in [2.75, 3.05) is 27.0 Å². The van der Waals surface area contributed by atoms with Crippen LogP contribution in [0.15, 0.2) is 84.8 Å². The van der Waals surface area contributed by atoms with E-state index in [0.29, 0.717) is 34.9 Å². The van der Waals surface area contributed by atoms with Gasteiger partial charge >= 0.3 is 5.97 Å². The lowest BCUT2D eigenvalue weighted by Gasteiger charge is -2.31. The molecular formula is C34H32F2N6O4S. The van der Waals surface area contributed by atoms with Crippen LogP contribution in [-0.4, -0.2) is 62.7 Å². The lowest BCUT2D eigenvalue weighted by molar-refractivity contribution is -0.110. The zero-order valence-corrected chi connectivity index (χ0v) is 26.5. The van der Waals surface area contributed by atoms with E-state index in [0.717, 1.165) is 17.2 Å². The predicted octanol–water partition coefficient (Wildman–Crippen LogP) is 5.89. The number of esters is 1. The molecule has 0 amide bonds. The molecule has 1 unspecified atom stereocenters. The van der Waals surface area contributed by atoms with E-state index < -0.39 is 42.5 Å². The van der Waals surface area contributed by atoms with E-state index in [4.69, 9.17) is 24.8 Å². The van der Waals surface area contributed by atoms with Crippen molar-refractivity contribution in [3.05, 3.63) is 124 Å². The highest BCUT2D eigenvalue weighted by Crippen LogP contribution is 2.44. The normalized spacial score (nSPS) is 13.2. The maximum Gasteiger partial charge on any atom is 0.340 e. The van der Waals surface area contributed by atoms with Gasteiger partial charge in [-0.15, -0.1) is 11.3 Å². The lowest BCUT2D eigenvalue weighted by Crippen LogP contribution is -2.27. The van der Waals surface area contributed by atoms with E-state index in [-0.39, 0.29) is 12.2 Å². The molecule has 0 aliphatic rings. The number of aliphatic hydroxyl groups excluding tert-OH is 1. The average Bonchev–Trinajstić information content (AvgIpc) is 3.79. The summed E-state index contributed by atoms with van der Waals surface area (Å²) in [6.45, 7) is 2.54. The summed E-state index contributed by atoms with van der Waals surface area (Å²) in [6, 6.07) is 19.4. The van der Waals surface area contributed by atoms with E-state index in [1.54, 1.807) is 48.5 Å². The number of ether oxygens (including phenoxy) is 2. The minimum Gasteiger partial charge on any atom is -0.435 e. The second kappa shape index (κ2) is 15.6. The first-order valence-corrected chi connectivity index (χ1v) is 15.6. The summed E-state index contributed by atoms with van der Waals surface area (Å²) in [5, 5.41) is 25.0. The summed E-state index contributed by atoms with van der Waals surface area (Å²) >= 11 is 1.37. The van der Waals surface area contributed by atoms with Crippen molar-refractivity contribution in [3.8, 4) is 17.3 Å². The molecule has 5 aromatic rings. The number of nitriles is 1. The van der Waals surface area contributed by atoms with Gasteiger partial charge in [0.15, 0.2) is 13.0 Å². The van der Waals surface area contributed by atoms with Crippen molar-refractivity contribution in [1.29, 1.82) is 5.26 Å². The molecule has 13 heteroatoms. The Kier molecular flexibility index (Phi) is 11.1. The van der Waals surface area contributed by atoms with E-state index in [2.05, 4.69) is 16.2 Å². The van der Waals surface area contributed by atoms with Crippen LogP contribution in [0.4, 0.5) is 8.78 Å². The molecule has 0 saturated heterocycles. The first-order chi connectivity index (χ1) is 22.8. The minimum atomic E-state index is -1.04. The molecule has 2 aromatic heterocycles. The monoisotopic (exact) mass is 658 g/mol. The molecule has 0 bridgehead atoms. The molecule has 0 aliphatic carbocycles. The van der Waals surface area contributed by atoms with Crippen molar-refractivity contribution in [2.45, 2.75) is 31.5 Å². The molecule has 10 nitrogen and oxygen atoms in total. The standard InChI is InChI=1S/C34H32F2N6O4S/c1-22(32-40-30(18-47-32)25-7-3-23(16-37)4-8-25)31(28-12-11-27(35)15-29(28)36)33(42-20-38-19-39-42)45-21-46-34(44)26-9-5-24(6-10-26)17-41(2)13-14-43/h3-12,15,18-20,22,31,33,43H,13-14,17,21H2,1-2H3/t22-,31-,33?/m1/s1. The van der Waals surface area contributed by atoms with Crippen LogP contribution in [0.5, 0.6) is 0 Å². The number of hydrogen-bond donors (Lipinski definition) is 1. The number of hydrogen-bond acceptors (Lipinski definition) is 10. The van der Waals surface area contributed by atoms with Crippen molar-refractivity contribution < 1.29 is 28.2 Å². The van der Waals surface area contributed by atoms with Crippen molar-refractivity contribution in [3.63, 3.8) is 0 Å².